The van der Waals surface area contributed by atoms with E-state index in [-0.39, 0.29) is 18.1 Å². The molecule has 1 saturated heterocycles. The first-order valence-corrected chi connectivity index (χ1v) is 10.6. The van der Waals surface area contributed by atoms with E-state index >= 15 is 0 Å². The van der Waals surface area contributed by atoms with Crippen molar-refractivity contribution in [3.63, 3.8) is 0 Å². The average molecular weight is 406 g/mol. The van der Waals surface area contributed by atoms with E-state index in [1.165, 1.54) is 10.9 Å². The van der Waals surface area contributed by atoms with Gasteiger partial charge >= 0.3 is 6.03 Å². The number of aromatic amines is 1. The van der Waals surface area contributed by atoms with Crippen LogP contribution in [0, 0.1) is 0 Å². The Hall–Kier alpha value is -3.86. The van der Waals surface area contributed by atoms with Gasteiger partial charge in [-0.1, -0.05) is 66.7 Å². The van der Waals surface area contributed by atoms with Gasteiger partial charge in [-0.2, -0.15) is 0 Å². The van der Waals surface area contributed by atoms with Gasteiger partial charge in [-0.05, 0) is 24.1 Å². The fourth-order valence-corrected chi connectivity index (χ4v) is 4.87. The summed E-state index contributed by atoms with van der Waals surface area (Å²) < 4.78 is 0. The van der Waals surface area contributed by atoms with Crippen LogP contribution in [0.4, 0.5) is 10.5 Å². The first kappa shape index (κ1) is 18.0. The van der Waals surface area contributed by atoms with E-state index in [0.717, 1.165) is 34.5 Å². The molecule has 0 unspecified atom stereocenters. The van der Waals surface area contributed by atoms with Crippen LogP contribution in [0.3, 0.4) is 0 Å². The van der Waals surface area contributed by atoms with Gasteiger partial charge in [0.1, 0.15) is 0 Å². The van der Waals surface area contributed by atoms with Crippen molar-refractivity contribution in [2.45, 2.75) is 18.5 Å². The van der Waals surface area contributed by atoms with Crippen molar-refractivity contribution in [1.29, 1.82) is 0 Å². The number of aromatic nitrogens is 1. The monoisotopic (exact) mass is 406 g/mol. The summed E-state index contributed by atoms with van der Waals surface area (Å²) in [5, 5.41) is 4.43. The molecule has 2 N–H and O–H groups in total. The normalized spacial score (nSPS) is 20.1. The largest absolute Gasteiger partial charge is 0.361 e. The second kappa shape index (κ2) is 7.13. The lowest BCUT2D eigenvalue weighted by atomic mass is 9.99. The van der Waals surface area contributed by atoms with E-state index in [9.17, 15) is 4.79 Å². The Bertz CT molecular complexity index is 1310. The molecule has 0 spiro atoms. The number of nitrogens with zero attached hydrogens (tertiary/aromatic N) is 2. The van der Waals surface area contributed by atoms with E-state index in [1.54, 1.807) is 0 Å². The maximum absolute atomic E-state index is 13.1. The van der Waals surface area contributed by atoms with Crippen molar-refractivity contribution >= 4 is 28.3 Å². The summed E-state index contributed by atoms with van der Waals surface area (Å²) in [6.45, 7) is 0.560. The second-order valence-electron chi connectivity index (χ2n) is 8.13. The summed E-state index contributed by atoms with van der Waals surface area (Å²) in [6.07, 6.45) is 2.82. The number of para-hydroxylation sites is 2. The first-order chi connectivity index (χ1) is 15.3. The number of aliphatic imine (C=N–C) groups is 1. The van der Waals surface area contributed by atoms with Crippen LogP contribution in [0.15, 0.2) is 90.1 Å². The maximum atomic E-state index is 13.1. The molecule has 1 fully saturated rings. The van der Waals surface area contributed by atoms with Crippen LogP contribution in [0.2, 0.25) is 0 Å². The van der Waals surface area contributed by atoms with Crippen LogP contribution in [0.1, 0.15) is 16.7 Å². The van der Waals surface area contributed by atoms with Crippen molar-refractivity contribution < 1.29 is 4.79 Å². The molecule has 152 valence electrons. The Morgan fingerprint density at radius 3 is 2.61 bits per heavy atom. The minimum absolute atomic E-state index is 0.0152. The molecule has 0 saturated carbocycles. The Labute approximate surface area is 180 Å². The molecule has 6 rings (SSSR count). The number of benzene rings is 3. The summed E-state index contributed by atoms with van der Waals surface area (Å²) in [5.41, 5.74) is 6.28. The molecular weight excluding hydrogens is 384 g/mol. The molecule has 5 heteroatoms. The number of hydrogen-bond donors (Lipinski definition) is 2. The topological polar surface area (TPSA) is 60.5 Å². The third-order valence-electron chi connectivity index (χ3n) is 6.34. The Kier molecular flexibility index (Phi) is 4.13. The summed E-state index contributed by atoms with van der Waals surface area (Å²) >= 11 is 0. The molecule has 3 aromatic carbocycles. The van der Waals surface area contributed by atoms with Gasteiger partial charge < -0.3 is 10.3 Å². The quantitative estimate of drug-likeness (QED) is 0.516. The number of amides is 2. The van der Waals surface area contributed by atoms with Gasteiger partial charge in [-0.3, -0.25) is 9.89 Å². The number of anilines is 1. The third kappa shape index (κ3) is 2.93. The molecule has 0 radical (unpaired) electrons. The molecule has 2 atom stereocenters. The number of hydrogen-bond acceptors (Lipinski definition) is 2. The highest BCUT2D eigenvalue weighted by molar-refractivity contribution is 6.18. The molecule has 2 aliphatic rings. The number of fused-ring (bicyclic) bond motifs is 4. The smallest absolute Gasteiger partial charge is 0.322 e. The molecule has 3 heterocycles. The molecule has 4 aromatic rings. The highest BCUT2D eigenvalue weighted by atomic mass is 16.2. The van der Waals surface area contributed by atoms with E-state index in [4.69, 9.17) is 4.99 Å². The van der Waals surface area contributed by atoms with Crippen molar-refractivity contribution in [3.05, 3.63) is 102 Å². The Balaban J connectivity index is 1.41. The molecule has 2 amide bonds. The number of carbonyl (C=O) groups excluding carboxylic acids is 1. The van der Waals surface area contributed by atoms with Crippen LogP contribution in [0.25, 0.3) is 10.9 Å². The minimum Gasteiger partial charge on any atom is -0.361 e. The lowest BCUT2D eigenvalue weighted by Gasteiger charge is -2.24. The van der Waals surface area contributed by atoms with E-state index in [0.29, 0.717) is 6.54 Å². The van der Waals surface area contributed by atoms with Crippen LogP contribution in [-0.2, 0) is 6.42 Å². The third-order valence-corrected chi connectivity index (χ3v) is 6.34. The van der Waals surface area contributed by atoms with E-state index < -0.39 is 0 Å². The second-order valence-corrected chi connectivity index (χ2v) is 8.13. The van der Waals surface area contributed by atoms with Gasteiger partial charge in [0, 0.05) is 28.2 Å². The Morgan fingerprint density at radius 1 is 0.935 bits per heavy atom. The number of carbonyl (C=O) groups is 1. The molecule has 1 aromatic heterocycles. The SMILES string of the molecule is O=C1N[C@@H](Cc2c[nH]c3ccccc23)[C@@H]2CN=C(c3ccccc3)c3ccccc3N12. The minimum atomic E-state index is -0.0493. The summed E-state index contributed by atoms with van der Waals surface area (Å²) in [7, 11) is 0. The highest BCUT2D eigenvalue weighted by Gasteiger charge is 2.42. The van der Waals surface area contributed by atoms with Gasteiger partial charge in [-0.15, -0.1) is 0 Å². The molecule has 5 nitrogen and oxygen atoms in total. The average Bonchev–Trinajstić information content (AvgIpc) is 3.29. The van der Waals surface area contributed by atoms with Crippen LogP contribution in [-0.4, -0.2) is 35.4 Å². The van der Waals surface area contributed by atoms with Crippen LogP contribution < -0.4 is 10.2 Å². The number of H-pyrrole nitrogens is 1. The van der Waals surface area contributed by atoms with Crippen molar-refractivity contribution in [2.24, 2.45) is 4.99 Å². The van der Waals surface area contributed by atoms with Crippen molar-refractivity contribution in [1.82, 2.24) is 10.3 Å². The van der Waals surface area contributed by atoms with Crippen LogP contribution in [0.5, 0.6) is 0 Å². The van der Waals surface area contributed by atoms with Gasteiger partial charge in [0.25, 0.3) is 0 Å². The van der Waals surface area contributed by atoms with E-state index in [1.807, 2.05) is 47.4 Å². The zero-order valence-electron chi connectivity index (χ0n) is 17.0. The first-order valence-electron chi connectivity index (χ1n) is 10.6. The highest BCUT2D eigenvalue weighted by Crippen LogP contribution is 2.33. The van der Waals surface area contributed by atoms with Crippen LogP contribution >= 0.6 is 0 Å². The predicted molar refractivity (Wildman–Crippen MR) is 124 cm³/mol. The molecular formula is C26H22N4O. The summed E-state index contributed by atoms with van der Waals surface area (Å²) in [4.78, 5) is 23.4. The fraction of sp³-hybridized carbons (Fsp3) is 0.154. The van der Waals surface area contributed by atoms with Gasteiger partial charge in [0.05, 0.1) is 30.0 Å². The summed E-state index contributed by atoms with van der Waals surface area (Å²) in [6, 6.07) is 26.5. The zero-order chi connectivity index (χ0) is 20.8. The molecule has 0 bridgehead atoms. The molecule has 31 heavy (non-hydrogen) atoms. The number of nitrogens with one attached hydrogen (secondary N) is 2. The van der Waals surface area contributed by atoms with Gasteiger partial charge in [-0.25, -0.2) is 4.79 Å². The standard InChI is InChI=1S/C26H22N4O/c31-26-29-22(14-18-15-27-21-12-6-4-10-19(18)21)24-16-28-25(17-8-2-1-3-9-17)20-11-5-7-13-23(20)30(24)26/h1-13,15,22,24,27H,14,16H2,(H,29,31)/t22-,24-/m0/s1. The number of urea groups is 1. The van der Waals surface area contributed by atoms with Gasteiger partial charge in [0.2, 0.25) is 0 Å². The lowest BCUT2D eigenvalue weighted by molar-refractivity contribution is 0.250. The predicted octanol–water partition coefficient (Wildman–Crippen LogP) is 4.53. The Morgan fingerprint density at radius 2 is 1.71 bits per heavy atom. The van der Waals surface area contributed by atoms with Gasteiger partial charge in [0.15, 0.2) is 0 Å². The molecule has 2 aliphatic heterocycles. The zero-order valence-corrected chi connectivity index (χ0v) is 17.0. The van der Waals surface area contributed by atoms with E-state index in [2.05, 4.69) is 52.9 Å². The summed E-state index contributed by atoms with van der Waals surface area (Å²) in [5.74, 6) is 0. The van der Waals surface area contributed by atoms with Crippen molar-refractivity contribution in [2.75, 3.05) is 11.4 Å². The number of rotatable bonds is 3. The van der Waals surface area contributed by atoms with Crippen molar-refractivity contribution in [3.8, 4) is 0 Å². The fourth-order valence-electron chi connectivity index (χ4n) is 4.87. The maximum Gasteiger partial charge on any atom is 0.322 e. The lowest BCUT2D eigenvalue weighted by Crippen LogP contribution is -2.40. The molecule has 0 aliphatic carbocycles.